The summed E-state index contributed by atoms with van der Waals surface area (Å²) in [6.45, 7) is 1.60. The van der Waals surface area contributed by atoms with E-state index >= 15 is 0 Å². The Bertz CT molecular complexity index is 534. The van der Waals surface area contributed by atoms with E-state index in [2.05, 4.69) is 5.32 Å². The lowest BCUT2D eigenvalue weighted by Crippen LogP contribution is -2.55. The number of nitrogens with one attached hydrogen (secondary N) is 1. The average Bonchev–Trinajstić information content (AvgIpc) is 2.98. The van der Waals surface area contributed by atoms with Crippen molar-refractivity contribution in [2.45, 2.75) is 44.2 Å². The van der Waals surface area contributed by atoms with Crippen LogP contribution in [0, 0.1) is 0 Å². The number of methoxy groups -OCH3 is 1. The smallest absolute Gasteiger partial charge is 0.329 e. The van der Waals surface area contributed by atoms with Gasteiger partial charge in [0.25, 0.3) is 5.91 Å². The zero-order valence-electron chi connectivity index (χ0n) is 12.8. The van der Waals surface area contributed by atoms with E-state index in [0.717, 1.165) is 12.8 Å². The molecular weight excluding hydrogens is 286 g/mol. The maximum absolute atomic E-state index is 12.2. The van der Waals surface area contributed by atoms with Crippen LogP contribution in [-0.4, -0.2) is 35.7 Å². The van der Waals surface area contributed by atoms with Crippen LogP contribution in [-0.2, 0) is 9.59 Å². The summed E-state index contributed by atoms with van der Waals surface area (Å²) in [7, 11) is 1.57. The molecule has 2 N–H and O–H groups in total. The van der Waals surface area contributed by atoms with Crippen LogP contribution in [0.25, 0.3) is 0 Å². The molecule has 1 aromatic rings. The van der Waals surface area contributed by atoms with Gasteiger partial charge in [0.2, 0.25) is 0 Å². The van der Waals surface area contributed by atoms with Gasteiger partial charge in [-0.2, -0.15) is 0 Å². The van der Waals surface area contributed by atoms with Gasteiger partial charge in [0.15, 0.2) is 6.10 Å². The highest BCUT2D eigenvalue weighted by molar-refractivity contribution is 5.89. The van der Waals surface area contributed by atoms with Gasteiger partial charge in [-0.3, -0.25) is 4.79 Å². The molecule has 1 aromatic carbocycles. The molecule has 0 bridgehead atoms. The molecule has 1 saturated carbocycles. The van der Waals surface area contributed by atoms with E-state index in [1.54, 1.807) is 38.3 Å². The third-order valence-electron chi connectivity index (χ3n) is 3.97. The highest BCUT2D eigenvalue weighted by Crippen LogP contribution is 2.30. The minimum Gasteiger partial charge on any atom is -0.497 e. The van der Waals surface area contributed by atoms with Crippen molar-refractivity contribution in [3.8, 4) is 11.5 Å². The van der Waals surface area contributed by atoms with Crippen molar-refractivity contribution in [2.24, 2.45) is 0 Å². The van der Waals surface area contributed by atoms with E-state index in [1.807, 2.05) is 0 Å². The summed E-state index contributed by atoms with van der Waals surface area (Å²) in [5.41, 5.74) is -1.14. The van der Waals surface area contributed by atoms with E-state index in [4.69, 9.17) is 9.47 Å². The first-order valence-corrected chi connectivity index (χ1v) is 7.33. The van der Waals surface area contributed by atoms with Crippen molar-refractivity contribution < 1.29 is 24.2 Å². The van der Waals surface area contributed by atoms with Crippen LogP contribution in [0.1, 0.15) is 32.6 Å². The maximum Gasteiger partial charge on any atom is 0.329 e. The fourth-order valence-corrected chi connectivity index (χ4v) is 2.62. The molecule has 6 nitrogen and oxygen atoms in total. The first-order valence-electron chi connectivity index (χ1n) is 7.33. The number of benzene rings is 1. The molecule has 0 heterocycles. The molecule has 1 aliphatic rings. The van der Waals surface area contributed by atoms with Gasteiger partial charge in [-0.1, -0.05) is 12.8 Å². The van der Waals surface area contributed by atoms with Crippen molar-refractivity contribution in [3.63, 3.8) is 0 Å². The number of carbonyl (C=O) groups is 2. The molecule has 1 fully saturated rings. The number of rotatable bonds is 6. The zero-order chi connectivity index (χ0) is 16.2. The van der Waals surface area contributed by atoms with Gasteiger partial charge in [0, 0.05) is 0 Å². The van der Waals surface area contributed by atoms with Crippen LogP contribution < -0.4 is 14.8 Å². The lowest BCUT2D eigenvalue weighted by molar-refractivity contribution is -0.148. The third kappa shape index (κ3) is 3.50. The number of hydrogen-bond donors (Lipinski definition) is 2. The lowest BCUT2D eigenvalue weighted by Gasteiger charge is -2.27. The predicted molar refractivity (Wildman–Crippen MR) is 80.1 cm³/mol. The highest BCUT2D eigenvalue weighted by atomic mass is 16.5. The summed E-state index contributed by atoms with van der Waals surface area (Å²) in [6.07, 6.45) is 1.76. The Morgan fingerprint density at radius 3 is 2.23 bits per heavy atom. The number of ether oxygens (including phenoxy) is 2. The van der Waals surface area contributed by atoms with Crippen LogP contribution >= 0.6 is 0 Å². The van der Waals surface area contributed by atoms with E-state index in [0.29, 0.717) is 24.3 Å². The van der Waals surface area contributed by atoms with Crippen molar-refractivity contribution in [1.82, 2.24) is 5.32 Å². The molecule has 0 aliphatic heterocycles. The molecule has 0 radical (unpaired) electrons. The first kappa shape index (κ1) is 16.1. The normalized spacial score (nSPS) is 17.5. The van der Waals surface area contributed by atoms with Gasteiger partial charge < -0.3 is 19.9 Å². The Hall–Kier alpha value is -2.24. The van der Waals surface area contributed by atoms with Crippen LogP contribution in [0.5, 0.6) is 11.5 Å². The molecule has 6 heteroatoms. The molecule has 120 valence electrons. The Morgan fingerprint density at radius 2 is 1.73 bits per heavy atom. The van der Waals surface area contributed by atoms with Crippen LogP contribution in [0.15, 0.2) is 24.3 Å². The Labute approximate surface area is 129 Å². The molecule has 0 saturated heterocycles. The summed E-state index contributed by atoms with van der Waals surface area (Å²) < 4.78 is 10.6. The van der Waals surface area contributed by atoms with Crippen molar-refractivity contribution in [1.29, 1.82) is 0 Å². The summed E-state index contributed by atoms with van der Waals surface area (Å²) in [5.74, 6) is -0.172. The first-order chi connectivity index (χ1) is 10.5. The maximum atomic E-state index is 12.2. The SMILES string of the molecule is COc1ccc(OC(C)C(=O)NC2(C(=O)O)CCCC2)cc1. The second-order valence-corrected chi connectivity index (χ2v) is 5.52. The van der Waals surface area contributed by atoms with Gasteiger partial charge in [-0.15, -0.1) is 0 Å². The second-order valence-electron chi connectivity index (χ2n) is 5.52. The minimum absolute atomic E-state index is 0.417. The number of carboxylic acid groups (broad SMARTS) is 1. The number of carbonyl (C=O) groups excluding carboxylic acids is 1. The van der Waals surface area contributed by atoms with Gasteiger partial charge in [0.05, 0.1) is 7.11 Å². The lowest BCUT2D eigenvalue weighted by atomic mass is 9.97. The summed E-state index contributed by atoms with van der Waals surface area (Å²) in [5, 5.41) is 12.0. The molecule has 1 atom stereocenters. The van der Waals surface area contributed by atoms with E-state index in [1.165, 1.54) is 0 Å². The largest absolute Gasteiger partial charge is 0.497 e. The van der Waals surface area contributed by atoms with E-state index in [9.17, 15) is 14.7 Å². The number of amides is 1. The molecule has 2 rings (SSSR count). The zero-order valence-corrected chi connectivity index (χ0v) is 12.8. The van der Waals surface area contributed by atoms with Gasteiger partial charge >= 0.3 is 5.97 Å². The quantitative estimate of drug-likeness (QED) is 0.839. The molecule has 1 aliphatic carbocycles. The molecule has 1 amide bonds. The fourth-order valence-electron chi connectivity index (χ4n) is 2.62. The topological polar surface area (TPSA) is 84.9 Å². The van der Waals surface area contributed by atoms with Gasteiger partial charge in [0.1, 0.15) is 17.0 Å². The Kier molecular flexibility index (Phi) is 4.90. The minimum atomic E-state index is -1.14. The molecular formula is C16H21NO5. The molecule has 0 aromatic heterocycles. The second kappa shape index (κ2) is 6.68. The summed E-state index contributed by atoms with van der Waals surface area (Å²) in [6, 6.07) is 6.86. The van der Waals surface area contributed by atoms with Gasteiger partial charge in [-0.25, -0.2) is 4.79 Å². The van der Waals surface area contributed by atoms with E-state index < -0.39 is 23.5 Å². The summed E-state index contributed by atoms with van der Waals surface area (Å²) in [4.78, 5) is 23.7. The monoisotopic (exact) mass is 307 g/mol. The van der Waals surface area contributed by atoms with Crippen molar-refractivity contribution in [2.75, 3.05) is 7.11 Å². The molecule has 1 unspecified atom stereocenters. The third-order valence-corrected chi connectivity index (χ3v) is 3.97. The molecule has 22 heavy (non-hydrogen) atoms. The van der Waals surface area contributed by atoms with Crippen LogP contribution in [0.4, 0.5) is 0 Å². The van der Waals surface area contributed by atoms with Crippen LogP contribution in [0.3, 0.4) is 0 Å². The summed E-state index contributed by atoms with van der Waals surface area (Å²) >= 11 is 0. The van der Waals surface area contributed by atoms with E-state index in [-0.39, 0.29) is 0 Å². The van der Waals surface area contributed by atoms with Crippen LogP contribution in [0.2, 0.25) is 0 Å². The molecule has 0 spiro atoms. The van der Waals surface area contributed by atoms with Gasteiger partial charge in [-0.05, 0) is 44.0 Å². The number of aliphatic carboxylic acids is 1. The van der Waals surface area contributed by atoms with Crippen molar-refractivity contribution >= 4 is 11.9 Å². The van der Waals surface area contributed by atoms with Crippen molar-refractivity contribution in [3.05, 3.63) is 24.3 Å². The predicted octanol–water partition coefficient (Wildman–Crippen LogP) is 1.98. The highest BCUT2D eigenvalue weighted by Gasteiger charge is 2.43. The number of hydrogen-bond acceptors (Lipinski definition) is 4. The number of carboxylic acids is 1. The standard InChI is InChI=1S/C16H21NO5/c1-11(22-13-7-5-12(21-2)6-8-13)14(18)17-16(15(19)20)9-3-4-10-16/h5-8,11H,3-4,9-10H2,1-2H3,(H,17,18)(H,19,20). The average molecular weight is 307 g/mol. The Balaban J connectivity index is 1.97. The fraction of sp³-hybridized carbons (Fsp3) is 0.500. The Morgan fingerprint density at radius 1 is 1.18 bits per heavy atom.